The molecule has 114 valence electrons. The molecule has 0 unspecified atom stereocenters. The number of carbonyl (C=O) groups excluding carboxylic acids is 2. The standard InChI is InChI=1S/C16H23N3O2/c1-4-19(14-8-5-11(2)9-12(14)3)10-15(20)18-16(21)17-13-6-7-13/h5,8-9,13H,4,6-7,10H2,1-3H3,(H2,17,18,20,21). The van der Waals surface area contributed by atoms with Crippen LogP contribution in [0.5, 0.6) is 0 Å². The van der Waals surface area contributed by atoms with Crippen LogP contribution in [0.25, 0.3) is 0 Å². The van der Waals surface area contributed by atoms with E-state index >= 15 is 0 Å². The summed E-state index contributed by atoms with van der Waals surface area (Å²) in [6.45, 7) is 6.96. The van der Waals surface area contributed by atoms with Gasteiger partial charge in [-0.05, 0) is 45.2 Å². The molecule has 0 bridgehead atoms. The van der Waals surface area contributed by atoms with Gasteiger partial charge in [-0.2, -0.15) is 0 Å². The Hall–Kier alpha value is -2.04. The normalized spacial score (nSPS) is 13.7. The summed E-state index contributed by atoms with van der Waals surface area (Å²) in [4.78, 5) is 25.5. The average molecular weight is 289 g/mol. The molecule has 1 saturated carbocycles. The van der Waals surface area contributed by atoms with Gasteiger partial charge in [0.25, 0.3) is 0 Å². The number of aryl methyl sites for hydroxylation is 2. The molecule has 0 aromatic heterocycles. The lowest BCUT2D eigenvalue weighted by Gasteiger charge is -2.24. The fourth-order valence-corrected chi connectivity index (χ4v) is 2.32. The van der Waals surface area contributed by atoms with Gasteiger partial charge >= 0.3 is 6.03 Å². The molecule has 1 fully saturated rings. The minimum atomic E-state index is -0.390. The fourth-order valence-electron chi connectivity index (χ4n) is 2.32. The molecule has 5 nitrogen and oxygen atoms in total. The predicted molar refractivity (Wildman–Crippen MR) is 83.5 cm³/mol. The Kier molecular flexibility index (Phi) is 4.83. The highest BCUT2D eigenvalue weighted by Gasteiger charge is 2.24. The molecule has 21 heavy (non-hydrogen) atoms. The summed E-state index contributed by atoms with van der Waals surface area (Å²) in [5, 5.41) is 5.13. The summed E-state index contributed by atoms with van der Waals surface area (Å²) in [6, 6.07) is 6.00. The van der Waals surface area contributed by atoms with E-state index in [9.17, 15) is 9.59 Å². The third-order valence-corrected chi connectivity index (χ3v) is 3.57. The summed E-state index contributed by atoms with van der Waals surface area (Å²) in [5.74, 6) is -0.282. The van der Waals surface area contributed by atoms with Crippen LogP contribution in [0.3, 0.4) is 0 Å². The molecule has 1 aliphatic carbocycles. The Labute approximate surface area is 125 Å². The fraction of sp³-hybridized carbons (Fsp3) is 0.500. The number of carbonyl (C=O) groups is 2. The Balaban J connectivity index is 1.94. The number of anilines is 1. The second kappa shape index (κ2) is 6.61. The van der Waals surface area contributed by atoms with Crippen LogP contribution < -0.4 is 15.5 Å². The van der Waals surface area contributed by atoms with Crippen molar-refractivity contribution in [1.29, 1.82) is 0 Å². The first-order valence-corrected chi connectivity index (χ1v) is 7.42. The van der Waals surface area contributed by atoms with Crippen molar-refractivity contribution >= 4 is 17.6 Å². The first-order chi connectivity index (χ1) is 9.99. The van der Waals surface area contributed by atoms with Crippen LogP contribution in [0.4, 0.5) is 10.5 Å². The number of urea groups is 1. The number of rotatable bonds is 5. The van der Waals surface area contributed by atoms with Crippen LogP contribution in [-0.2, 0) is 4.79 Å². The summed E-state index contributed by atoms with van der Waals surface area (Å²) >= 11 is 0. The Bertz CT molecular complexity index is 538. The van der Waals surface area contributed by atoms with Crippen molar-refractivity contribution in [2.45, 2.75) is 39.7 Å². The number of benzene rings is 1. The molecule has 0 aliphatic heterocycles. The molecule has 5 heteroatoms. The largest absolute Gasteiger partial charge is 0.362 e. The van der Waals surface area contributed by atoms with Crippen LogP contribution in [0.2, 0.25) is 0 Å². The Morgan fingerprint density at radius 3 is 2.57 bits per heavy atom. The second-order valence-electron chi connectivity index (χ2n) is 5.60. The molecule has 2 N–H and O–H groups in total. The topological polar surface area (TPSA) is 61.4 Å². The lowest BCUT2D eigenvalue weighted by atomic mass is 10.1. The zero-order valence-corrected chi connectivity index (χ0v) is 12.9. The van der Waals surface area contributed by atoms with Crippen molar-refractivity contribution in [2.75, 3.05) is 18.0 Å². The van der Waals surface area contributed by atoms with Crippen molar-refractivity contribution in [3.05, 3.63) is 29.3 Å². The molecular weight excluding hydrogens is 266 g/mol. The first-order valence-electron chi connectivity index (χ1n) is 7.42. The van der Waals surface area contributed by atoms with E-state index in [1.807, 2.05) is 37.8 Å². The van der Waals surface area contributed by atoms with E-state index in [1.165, 1.54) is 5.56 Å². The average Bonchev–Trinajstić information content (AvgIpc) is 3.20. The summed E-state index contributed by atoms with van der Waals surface area (Å²) in [5.41, 5.74) is 3.36. The van der Waals surface area contributed by atoms with Gasteiger partial charge in [-0.1, -0.05) is 17.7 Å². The minimum absolute atomic E-state index is 0.179. The van der Waals surface area contributed by atoms with Crippen molar-refractivity contribution in [2.24, 2.45) is 0 Å². The molecule has 3 amide bonds. The van der Waals surface area contributed by atoms with Crippen molar-refractivity contribution < 1.29 is 9.59 Å². The highest BCUT2D eigenvalue weighted by molar-refractivity contribution is 5.96. The Morgan fingerprint density at radius 1 is 1.29 bits per heavy atom. The molecule has 0 saturated heterocycles. The van der Waals surface area contributed by atoms with Gasteiger partial charge in [0.15, 0.2) is 0 Å². The third kappa shape index (κ3) is 4.48. The number of likely N-dealkylation sites (N-methyl/N-ethyl adjacent to an activating group) is 1. The molecule has 1 aliphatic rings. The molecular formula is C16H23N3O2. The maximum Gasteiger partial charge on any atom is 0.321 e. The molecule has 0 atom stereocenters. The molecule has 0 heterocycles. The Morgan fingerprint density at radius 2 is 2.00 bits per heavy atom. The molecule has 0 spiro atoms. The number of hydrogen-bond donors (Lipinski definition) is 2. The van der Waals surface area contributed by atoms with Crippen LogP contribution in [0.15, 0.2) is 18.2 Å². The summed E-state index contributed by atoms with van der Waals surface area (Å²) in [6.07, 6.45) is 2.01. The van der Waals surface area contributed by atoms with Crippen LogP contribution in [0.1, 0.15) is 30.9 Å². The van der Waals surface area contributed by atoms with Crippen LogP contribution in [-0.4, -0.2) is 31.1 Å². The highest BCUT2D eigenvalue weighted by Crippen LogP contribution is 2.21. The zero-order chi connectivity index (χ0) is 15.4. The number of nitrogens with zero attached hydrogens (tertiary/aromatic N) is 1. The number of imide groups is 1. The van der Waals surface area contributed by atoms with Gasteiger partial charge in [-0.15, -0.1) is 0 Å². The van der Waals surface area contributed by atoms with Crippen molar-refractivity contribution in [1.82, 2.24) is 10.6 Å². The van der Waals surface area contributed by atoms with Gasteiger partial charge < -0.3 is 10.2 Å². The highest BCUT2D eigenvalue weighted by atomic mass is 16.2. The second-order valence-corrected chi connectivity index (χ2v) is 5.60. The van der Waals surface area contributed by atoms with E-state index in [0.717, 1.165) is 24.1 Å². The van der Waals surface area contributed by atoms with E-state index in [0.29, 0.717) is 6.54 Å². The maximum atomic E-state index is 12.0. The van der Waals surface area contributed by atoms with Gasteiger partial charge in [-0.3, -0.25) is 10.1 Å². The number of amides is 3. The monoisotopic (exact) mass is 289 g/mol. The first kappa shape index (κ1) is 15.4. The van der Waals surface area contributed by atoms with E-state index < -0.39 is 0 Å². The van der Waals surface area contributed by atoms with E-state index in [4.69, 9.17) is 0 Å². The SMILES string of the molecule is CCN(CC(=O)NC(=O)NC1CC1)c1ccc(C)cc1C. The smallest absolute Gasteiger partial charge is 0.321 e. The predicted octanol–water partition coefficient (Wildman–Crippen LogP) is 2.12. The summed E-state index contributed by atoms with van der Waals surface area (Å²) < 4.78 is 0. The van der Waals surface area contributed by atoms with Gasteiger partial charge in [-0.25, -0.2) is 4.79 Å². The summed E-state index contributed by atoms with van der Waals surface area (Å²) in [7, 11) is 0. The van der Waals surface area contributed by atoms with Gasteiger partial charge in [0.05, 0.1) is 6.54 Å². The number of nitrogens with one attached hydrogen (secondary N) is 2. The van der Waals surface area contributed by atoms with Crippen molar-refractivity contribution in [3.63, 3.8) is 0 Å². The molecule has 2 rings (SSSR count). The van der Waals surface area contributed by atoms with E-state index in [-0.39, 0.29) is 24.5 Å². The van der Waals surface area contributed by atoms with Gasteiger partial charge in [0, 0.05) is 18.3 Å². The van der Waals surface area contributed by atoms with Crippen LogP contribution in [0, 0.1) is 13.8 Å². The quantitative estimate of drug-likeness (QED) is 0.873. The number of hydrogen-bond acceptors (Lipinski definition) is 3. The molecule has 1 aromatic carbocycles. The van der Waals surface area contributed by atoms with E-state index in [2.05, 4.69) is 16.7 Å². The van der Waals surface area contributed by atoms with Crippen molar-refractivity contribution in [3.8, 4) is 0 Å². The molecule has 0 radical (unpaired) electrons. The lowest BCUT2D eigenvalue weighted by Crippen LogP contribution is -2.45. The zero-order valence-electron chi connectivity index (χ0n) is 12.9. The van der Waals surface area contributed by atoms with Gasteiger partial charge in [0.1, 0.15) is 0 Å². The van der Waals surface area contributed by atoms with E-state index in [1.54, 1.807) is 0 Å². The minimum Gasteiger partial charge on any atom is -0.362 e. The maximum absolute atomic E-state index is 12.0. The molecule has 1 aromatic rings. The van der Waals surface area contributed by atoms with Crippen LogP contribution >= 0.6 is 0 Å². The lowest BCUT2D eigenvalue weighted by molar-refractivity contribution is -0.118. The van der Waals surface area contributed by atoms with Gasteiger partial charge in [0.2, 0.25) is 5.91 Å². The third-order valence-electron chi connectivity index (χ3n) is 3.57.